The standard InChI is InChI=1S/C16H18O6/c1-8(18)10-3-4-11(20-2)16-14(10)15-12(21-7-17)5-9(19)6-13(15)22-16/h3-4,12-13,15,17H,5-7H2,1-2H3/t12-,13-,15?/m0/s1. The van der Waals surface area contributed by atoms with Gasteiger partial charge in [0.2, 0.25) is 0 Å². The number of hydrogen-bond acceptors (Lipinski definition) is 6. The van der Waals surface area contributed by atoms with Gasteiger partial charge < -0.3 is 19.3 Å². The van der Waals surface area contributed by atoms with Crippen LogP contribution in [0.2, 0.25) is 0 Å². The number of aliphatic hydroxyl groups is 1. The second kappa shape index (κ2) is 5.70. The van der Waals surface area contributed by atoms with Crippen LogP contribution in [-0.2, 0) is 9.53 Å². The SMILES string of the molecule is COc1ccc(C(C)=O)c2c1O[C@H]1CC(=O)C[C@H](OCO)C21. The molecule has 0 amide bonds. The van der Waals surface area contributed by atoms with Gasteiger partial charge >= 0.3 is 0 Å². The van der Waals surface area contributed by atoms with E-state index < -0.39 is 12.9 Å². The van der Waals surface area contributed by atoms with Gasteiger partial charge in [-0.05, 0) is 19.1 Å². The first-order valence-corrected chi connectivity index (χ1v) is 7.19. The lowest BCUT2D eigenvalue weighted by Crippen LogP contribution is -2.40. The molecule has 0 radical (unpaired) electrons. The Hall–Kier alpha value is -1.92. The van der Waals surface area contributed by atoms with Crippen molar-refractivity contribution in [1.29, 1.82) is 0 Å². The van der Waals surface area contributed by atoms with Crippen LogP contribution in [0.15, 0.2) is 12.1 Å². The highest BCUT2D eigenvalue weighted by Crippen LogP contribution is 2.51. The van der Waals surface area contributed by atoms with E-state index in [1.54, 1.807) is 12.1 Å². The molecule has 22 heavy (non-hydrogen) atoms. The number of fused-ring (bicyclic) bond motifs is 3. The van der Waals surface area contributed by atoms with Gasteiger partial charge in [-0.15, -0.1) is 0 Å². The van der Waals surface area contributed by atoms with E-state index in [9.17, 15) is 9.59 Å². The van der Waals surface area contributed by atoms with E-state index in [0.717, 1.165) is 5.56 Å². The fourth-order valence-electron chi connectivity index (χ4n) is 3.42. The Morgan fingerprint density at radius 3 is 2.82 bits per heavy atom. The molecule has 3 rings (SSSR count). The molecule has 1 aromatic rings. The highest BCUT2D eigenvalue weighted by Gasteiger charge is 2.48. The van der Waals surface area contributed by atoms with Gasteiger partial charge in [-0.2, -0.15) is 0 Å². The molecule has 1 N–H and O–H groups in total. The Labute approximate surface area is 128 Å². The molecule has 118 valence electrons. The zero-order valence-corrected chi connectivity index (χ0v) is 12.5. The van der Waals surface area contributed by atoms with Gasteiger partial charge in [0, 0.05) is 24.0 Å². The van der Waals surface area contributed by atoms with E-state index in [2.05, 4.69) is 0 Å². The fraction of sp³-hybridized carbons (Fsp3) is 0.500. The summed E-state index contributed by atoms with van der Waals surface area (Å²) in [6, 6.07) is 3.40. The predicted octanol–water partition coefficient (Wildman–Crippen LogP) is 1.44. The van der Waals surface area contributed by atoms with Gasteiger partial charge in [0.25, 0.3) is 0 Å². The first-order valence-electron chi connectivity index (χ1n) is 7.19. The Bertz CT molecular complexity index is 623. The monoisotopic (exact) mass is 306 g/mol. The van der Waals surface area contributed by atoms with Gasteiger partial charge in [-0.1, -0.05) is 0 Å². The van der Waals surface area contributed by atoms with Crippen molar-refractivity contribution >= 4 is 11.6 Å². The molecule has 0 bridgehead atoms. The van der Waals surface area contributed by atoms with Crippen molar-refractivity contribution in [3.05, 3.63) is 23.3 Å². The lowest BCUT2D eigenvalue weighted by atomic mass is 9.78. The molecule has 1 aromatic carbocycles. The molecule has 1 fully saturated rings. The van der Waals surface area contributed by atoms with Crippen molar-refractivity contribution < 1.29 is 28.9 Å². The number of benzene rings is 1. The number of Topliss-reactive ketones (excluding diaryl/α,β-unsaturated/α-hetero) is 2. The summed E-state index contributed by atoms with van der Waals surface area (Å²) in [5.41, 5.74) is 1.27. The fourth-order valence-corrected chi connectivity index (χ4v) is 3.42. The van der Waals surface area contributed by atoms with Crippen LogP contribution in [0.1, 0.15) is 41.6 Å². The van der Waals surface area contributed by atoms with Crippen molar-refractivity contribution in [3.63, 3.8) is 0 Å². The molecule has 1 heterocycles. The van der Waals surface area contributed by atoms with E-state index in [1.807, 2.05) is 0 Å². The van der Waals surface area contributed by atoms with Crippen molar-refractivity contribution in [3.8, 4) is 11.5 Å². The van der Waals surface area contributed by atoms with Crippen LogP contribution in [0.5, 0.6) is 11.5 Å². The molecule has 1 saturated carbocycles. The van der Waals surface area contributed by atoms with Gasteiger partial charge in [0.1, 0.15) is 18.7 Å². The highest BCUT2D eigenvalue weighted by atomic mass is 16.6. The zero-order valence-electron chi connectivity index (χ0n) is 12.5. The van der Waals surface area contributed by atoms with Gasteiger partial charge in [-0.3, -0.25) is 9.59 Å². The van der Waals surface area contributed by atoms with Crippen molar-refractivity contribution in [2.45, 2.75) is 37.9 Å². The molecule has 0 spiro atoms. The maximum Gasteiger partial charge on any atom is 0.166 e. The Balaban J connectivity index is 2.13. The number of carbonyl (C=O) groups excluding carboxylic acids is 2. The average molecular weight is 306 g/mol. The summed E-state index contributed by atoms with van der Waals surface area (Å²) in [6.45, 7) is 1.02. The third-order valence-electron chi connectivity index (χ3n) is 4.31. The second-order valence-corrected chi connectivity index (χ2v) is 5.58. The first kappa shape index (κ1) is 15.0. The topological polar surface area (TPSA) is 82.1 Å². The van der Waals surface area contributed by atoms with Crippen LogP contribution < -0.4 is 9.47 Å². The summed E-state index contributed by atoms with van der Waals surface area (Å²) in [6.07, 6.45) is -0.408. The molecular weight excluding hydrogens is 288 g/mol. The molecule has 3 atom stereocenters. The Morgan fingerprint density at radius 2 is 2.18 bits per heavy atom. The molecule has 0 aromatic heterocycles. The number of carbonyl (C=O) groups is 2. The van der Waals surface area contributed by atoms with Crippen LogP contribution in [0, 0.1) is 0 Å². The minimum Gasteiger partial charge on any atom is -0.493 e. The lowest BCUT2D eigenvalue weighted by Gasteiger charge is -2.31. The summed E-state index contributed by atoms with van der Waals surface area (Å²) in [5, 5.41) is 9.09. The molecule has 1 aliphatic carbocycles. The number of hydrogen-bond donors (Lipinski definition) is 1. The molecular formula is C16H18O6. The van der Waals surface area contributed by atoms with E-state index in [4.69, 9.17) is 19.3 Å². The molecule has 0 saturated heterocycles. The maximum absolute atomic E-state index is 12.0. The summed E-state index contributed by atoms with van der Waals surface area (Å²) in [7, 11) is 1.53. The minimum absolute atomic E-state index is 0.0239. The quantitative estimate of drug-likeness (QED) is 0.669. The third-order valence-corrected chi connectivity index (χ3v) is 4.31. The van der Waals surface area contributed by atoms with Gasteiger partial charge in [-0.25, -0.2) is 0 Å². The van der Waals surface area contributed by atoms with E-state index >= 15 is 0 Å². The average Bonchev–Trinajstić information content (AvgIpc) is 2.85. The summed E-state index contributed by atoms with van der Waals surface area (Å²) in [5.74, 6) is 0.725. The van der Waals surface area contributed by atoms with Crippen LogP contribution in [0.4, 0.5) is 0 Å². The summed E-state index contributed by atoms with van der Waals surface area (Å²) in [4.78, 5) is 23.8. The van der Waals surface area contributed by atoms with E-state index in [1.165, 1.54) is 14.0 Å². The Morgan fingerprint density at radius 1 is 1.41 bits per heavy atom. The first-order chi connectivity index (χ1) is 10.6. The molecule has 1 aliphatic heterocycles. The largest absolute Gasteiger partial charge is 0.493 e. The molecule has 1 unspecified atom stereocenters. The molecule has 6 heteroatoms. The van der Waals surface area contributed by atoms with Crippen molar-refractivity contribution in [2.75, 3.05) is 13.9 Å². The van der Waals surface area contributed by atoms with Crippen molar-refractivity contribution in [2.24, 2.45) is 0 Å². The maximum atomic E-state index is 12.0. The number of rotatable bonds is 4. The lowest BCUT2D eigenvalue weighted by molar-refractivity contribution is -0.134. The van der Waals surface area contributed by atoms with Crippen LogP contribution in [0.25, 0.3) is 0 Å². The smallest absolute Gasteiger partial charge is 0.166 e. The number of ketones is 2. The Kier molecular flexibility index (Phi) is 3.88. The molecule has 6 nitrogen and oxygen atoms in total. The normalized spacial score (nSPS) is 26.1. The highest BCUT2D eigenvalue weighted by molar-refractivity contribution is 5.97. The number of methoxy groups -OCH3 is 1. The third kappa shape index (κ3) is 2.28. The van der Waals surface area contributed by atoms with Gasteiger partial charge in [0.15, 0.2) is 17.3 Å². The summed E-state index contributed by atoms with van der Waals surface area (Å²) < 4.78 is 16.6. The van der Waals surface area contributed by atoms with Crippen LogP contribution in [-0.4, -0.2) is 42.8 Å². The number of aliphatic hydroxyl groups excluding tert-OH is 1. The minimum atomic E-state index is -0.497. The number of ether oxygens (including phenoxy) is 3. The second-order valence-electron chi connectivity index (χ2n) is 5.58. The van der Waals surface area contributed by atoms with Crippen LogP contribution >= 0.6 is 0 Å². The van der Waals surface area contributed by atoms with E-state index in [0.29, 0.717) is 17.1 Å². The zero-order chi connectivity index (χ0) is 15.9. The van der Waals surface area contributed by atoms with Crippen molar-refractivity contribution in [1.82, 2.24) is 0 Å². The van der Waals surface area contributed by atoms with Crippen LogP contribution in [0.3, 0.4) is 0 Å². The van der Waals surface area contributed by atoms with E-state index in [-0.39, 0.29) is 36.4 Å². The summed E-state index contributed by atoms with van der Waals surface area (Å²) >= 11 is 0. The van der Waals surface area contributed by atoms with Gasteiger partial charge in [0.05, 0.1) is 19.1 Å². The molecule has 2 aliphatic rings. The predicted molar refractivity (Wildman–Crippen MR) is 76.4 cm³/mol.